The number of piperidine rings is 1. The molecule has 0 unspecified atom stereocenters. The first-order chi connectivity index (χ1) is 12.3. The minimum atomic E-state index is -3.24. The van der Waals surface area contributed by atoms with Gasteiger partial charge in [-0.05, 0) is 31.4 Å². The fourth-order valence-corrected chi connectivity index (χ4v) is 4.69. The van der Waals surface area contributed by atoms with E-state index in [0.717, 1.165) is 6.42 Å². The van der Waals surface area contributed by atoms with E-state index in [9.17, 15) is 18.0 Å². The van der Waals surface area contributed by atoms with Crippen molar-refractivity contribution in [3.05, 3.63) is 34.9 Å². The Hall–Kier alpha value is -1.64. The highest BCUT2D eigenvalue weighted by Gasteiger charge is 2.30. The van der Waals surface area contributed by atoms with Gasteiger partial charge in [-0.1, -0.05) is 37.1 Å². The Kier molecular flexibility index (Phi) is 7.43. The van der Waals surface area contributed by atoms with Gasteiger partial charge in [0.15, 0.2) is 0 Å². The number of unbranched alkanes of at least 4 members (excludes halogenated alkanes) is 1. The van der Waals surface area contributed by atoms with Crippen LogP contribution in [0.5, 0.6) is 0 Å². The van der Waals surface area contributed by atoms with Crippen LogP contribution in [0.3, 0.4) is 0 Å². The molecule has 1 aliphatic rings. The molecule has 0 radical (unpaired) electrons. The summed E-state index contributed by atoms with van der Waals surface area (Å²) in [6.07, 6.45) is 2.32. The highest BCUT2D eigenvalue weighted by atomic mass is 35.5. The fourth-order valence-electron chi connectivity index (χ4n) is 2.79. The summed E-state index contributed by atoms with van der Waals surface area (Å²) < 4.78 is 25.8. The number of nitrogens with zero attached hydrogens (tertiary/aromatic N) is 1. The van der Waals surface area contributed by atoms with Crippen LogP contribution in [0.4, 0.5) is 0 Å². The summed E-state index contributed by atoms with van der Waals surface area (Å²) >= 11 is 5.94. The molecule has 0 bridgehead atoms. The molecule has 0 aromatic heterocycles. The first kappa shape index (κ1) is 20.7. The van der Waals surface area contributed by atoms with E-state index in [1.165, 1.54) is 4.31 Å². The topological polar surface area (TPSA) is 95.6 Å². The Morgan fingerprint density at radius 3 is 2.46 bits per heavy atom. The number of carbonyl (C=O) groups excluding carboxylic acids is 2. The quantitative estimate of drug-likeness (QED) is 0.712. The highest BCUT2D eigenvalue weighted by Crippen LogP contribution is 2.20. The van der Waals surface area contributed by atoms with E-state index in [2.05, 4.69) is 10.9 Å². The molecule has 0 aliphatic carbocycles. The van der Waals surface area contributed by atoms with Gasteiger partial charge < -0.3 is 0 Å². The molecule has 0 atom stereocenters. The van der Waals surface area contributed by atoms with E-state index in [1.807, 2.05) is 6.92 Å². The zero-order valence-corrected chi connectivity index (χ0v) is 16.3. The number of hydrogen-bond donors (Lipinski definition) is 2. The van der Waals surface area contributed by atoms with Crippen molar-refractivity contribution in [1.82, 2.24) is 15.2 Å². The second kappa shape index (κ2) is 9.34. The van der Waals surface area contributed by atoms with Crippen LogP contribution in [0.1, 0.15) is 43.0 Å². The van der Waals surface area contributed by atoms with E-state index in [0.29, 0.717) is 37.4 Å². The Morgan fingerprint density at radius 1 is 1.19 bits per heavy atom. The maximum Gasteiger partial charge on any atom is 0.271 e. The second-order valence-electron chi connectivity index (χ2n) is 6.27. The van der Waals surface area contributed by atoms with E-state index in [-0.39, 0.29) is 23.1 Å². The van der Waals surface area contributed by atoms with E-state index in [4.69, 9.17) is 11.6 Å². The molecule has 2 rings (SSSR count). The molecule has 1 fully saturated rings. The average Bonchev–Trinajstić information content (AvgIpc) is 2.64. The van der Waals surface area contributed by atoms with E-state index >= 15 is 0 Å². The highest BCUT2D eigenvalue weighted by molar-refractivity contribution is 7.89. The molecule has 2 N–H and O–H groups in total. The van der Waals surface area contributed by atoms with E-state index < -0.39 is 15.9 Å². The maximum atomic E-state index is 12.2. The minimum absolute atomic E-state index is 0.147. The summed E-state index contributed by atoms with van der Waals surface area (Å²) in [6.45, 7) is 2.59. The number of hydrogen-bond acceptors (Lipinski definition) is 4. The number of benzene rings is 1. The van der Waals surface area contributed by atoms with Gasteiger partial charge in [-0.25, -0.2) is 12.7 Å². The summed E-state index contributed by atoms with van der Waals surface area (Å²) in [4.78, 5) is 24.3. The van der Waals surface area contributed by atoms with Gasteiger partial charge in [0.05, 0.1) is 16.3 Å². The summed E-state index contributed by atoms with van der Waals surface area (Å²) in [7, 11) is -3.24. The molecule has 7 nitrogen and oxygen atoms in total. The van der Waals surface area contributed by atoms with Gasteiger partial charge in [0.1, 0.15) is 0 Å². The first-order valence-electron chi connectivity index (χ1n) is 8.67. The van der Waals surface area contributed by atoms with Crippen molar-refractivity contribution in [2.75, 3.05) is 18.8 Å². The van der Waals surface area contributed by atoms with Crippen LogP contribution in [-0.2, 0) is 14.8 Å². The Balaban J connectivity index is 1.81. The molecular formula is C17H24ClN3O4S. The average molecular weight is 402 g/mol. The Labute approximate surface area is 159 Å². The van der Waals surface area contributed by atoms with Crippen molar-refractivity contribution in [2.45, 2.75) is 32.6 Å². The third kappa shape index (κ3) is 5.43. The van der Waals surface area contributed by atoms with Crippen molar-refractivity contribution in [2.24, 2.45) is 5.92 Å². The molecule has 1 aliphatic heterocycles. The number of sulfonamides is 1. The molecule has 1 aromatic rings. The lowest BCUT2D eigenvalue weighted by molar-refractivity contribution is -0.126. The predicted molar refractivity (Wildman–Crippen MR) is 100 cm³/mol. The van der Waals surface area contributed by atoms with Crippen LogP contribution >= 0.6 is 11.6 Å². The van der Waals surface area contributed by atoms with Crippen molar-refractivity contribution < 1.29 is 18.0 Å². The zero-order chi connectivity index (χ0) is 19.2. The van der Waals surface area contributed by atoms with Gasteiger partial charge in [-0.15, -0.1) is 0 Å². The van der Waals surface area contributed by atoms with Gasteiger partial charge in [0, 0.05) is 19.0 Å². The molecular weight excluding hydrogens is 378 g/mol. The van der Waals surface area contributed by atoms with Crippen molar-refractivity contribution in [3.63, 3.8) is 0 Å². The van der Waals surface area contributed by atoms with Gasteiger partial charge in [-0.2, -0.15) is 0 Å². The maximum absolute atomic E-state index is 12.2. The molecule has 1 aromatic carbocycles. The summed E-state index contributed by atoms with van der Waals surface area (Å²) in [6, 6.07) is 6.54. The van der Waals surface area contributed by atoms with Crippen LogP contribution in [-0.4, -0.2) is 43.4 Å². The van der Waals surface area contributed by atoms with Crippen molar-refractivity contribution in [1.29, 1.82) is 0 Å². The number of rotatable bonds is 6. The van der Waals surface area contributed by atoms with Crippen molar-refractivity contribution in [3.8, 4) is 0 Å². The largest absolute Gasteiger partial charge is 0.273 e. The lowest BCUT2D eigenvalue weighted by Gasteiger charge is -2.30. The minimum Gasteiger partial charge on any atom is -0.273 e. The van der Waals surface area contributed by atoms with Crippen LogP contribution in [0.15, 0.2) is 24.3 Å². The zero-order valence-electron chi connectivity index (χ0n) is 14.7. The van der Waals surface area contributed by atoms with Crippen molar-refractivity contribution >= 4 is 33.4 Å². The van der Waals surface area contributed by atoms with Gasteiger partial charge >= 0.3 is 0 Å². The number of halogens is 1. The molecule has 9 heteroatoms. The van der Waals surface area contributed by atoms with Gasteiger partial charge in [0.25, 0.3) is 5.91 Å². The molecule has 2 amide bonds. The standard InChI is InChI=1S/C17H24ClN3O4S/c1-2-3-12-26(24,25)21-10-8-13(9-11-21)16(22)19-20-17(23)14-6-4-5-7-15(14)18/h4-7,13H,2-3,8-12H2,1H3,(H,19,22)(H,20,23). The number of nitrogens with one attached hydrogen (secondary N) is 2. The Morgan fingerprint density at radius 2 is 1.85 bits per heavy atom. The number of carbonyl (C=O) groups is 2. The lowest BCUT2D eigenvalue weighted by Crippen LogP contribution is -2.48. The summed E-state index contributed by atoms with van der Waals surface area (Å²) in [5.74, 6) is -1.01. The smallest absolute Gasteiger partial charge is 0.271 e. The number of hydrazine groups is 1. The van der Waals surface area contributed by atoms with E-state index in [1.54, 1.807) is 24.3 Å². The Bertz CT molecular complexity index is 746. The molecule has 144 valence electrons. The van der Waals surface area contributed by atoms with Crippen LogP contribution in [0.2, 0.25) is 5.02 Å². The SMILES string of the molecule is CCCCS(=O)(=O)N1CCC(C(=O)NNC(=O)c2ccccc2Cl)CC1. The second-order valence-corrected chi connectivity index (χ2v) is 8.76. The van der Waals surface area contributed by atoms with Crippen LogP contribution in [0.25, 0.3) is 0 Å². The normalized spacial score (nSPS) is 16.2. The van der Waals surface area contributed by atoms with Crippen LogP contribution in [0, 0.1) is 5.92 Å². The molecule has 1 saturated heterocycles. The van der Waals surface area contributed by atoms with Gasteiger partial charge in [-0.3, -0.25) is 20.4 Å². The third-order valence-corrected chi connectivity index (χ3v) is 6.68. The monoisotopic (exact) mass is 401 g/mol. The molecule has 0 saturated carbocycles. The first-order valence-corrected chi connectivity index (χ1v) is 10.7. The third-order valence-electron chi connectivity index (χ3n) is 4.39. The lowest BCUT2D eigenvalue weighted by atomic mass is 9.98. The number of amides is 2. The molecule has 0 spiro atoms. The fraction of sp³-hybridized carbons (Fsp3) is 0.529. The van der Waals surface area contributed by atoms with Crippen LogP contribution < -0.4 is 10.9 Å². The predicted octanol–water partition coefficient (Wildman–Crippen LogP) is 1.94. The van der Waals surface area contributed by atoms with Gasteiger partial charge in [0.2, 0.25) is 15.9 Å². The summed E-state index contributed by atoms with van der Waals surface area (Å²) in [5.41, 5.74) is 5.02. The molecule has 1 heterocycles. The molecule has 26 heavy (non-hydrogen) atoms. The summed E-state index contributed by atoms with van der Waals surface area (Å²) in [5, 5.41) is 0.296.